The topological polar surface area (TPSA) is 76.1 Å². The standard InChI is InChI=1S/C16H22N4O2S/c1-4-22-16(21)13-9(2)12-14(18-10(3)19-15(12)23-13)20-11-5-7-17-8-6-11/h11,17H,4-8H2,1-3H3,(H,18,19,20). The molecule has 3 heterocycles. The van der Waals surface area contributed by atoms with Crippen LogP contribution in [0.1, 0.15) is 40.8 Å². The monoisotopic (exact) mass is 334 g/mol. The maximum absolute atomic E-state index is 12.1. The van der Waals surface area contributed by atoms with Gasteiger partial charge >= 0.3 is 5.97 Å². The molecule has 0 radical (unpaired) electrons. The molecule has 23 heavy (non-hydrogen) atoms. The average molecular weight is 334 g/mol. The van der Waals surface area contributed by atoms with E-state index in [1.807, 2.05) is 20.8 Å². The minimum absolute atomic E-state index is 0.279. The Morgan fingerprint density at radius 3 is 2.78 bits per heavy atom. The van der Waals surface area contributed by atoms with Crippen molar-refractivity contribution in [3.05, 3.63) is 16.3 Å². The van der Waals surface area contributed by atoms with E-state index in [4.69, 9.17) is 4.74 Å². The quantitative estimate of drug-likeness (QED) is 0.837. The van der Waals surface area contributed by atoms with Crippen LogP contribution in [0.5, 0.6) is 0 Å². The summed E-state index contributed by atoms with van der Waals surface area (Å²) in [5.41, 5.74) is 0.903. The molecule has 0 spiro atoms. The maximum Gasteiger partial charge on any atom is 0.348 e. The van der Waals surface area contributed by atoms with E-state index in [0.29, 0.717) is 23.4 Å². The molecule has 6 nitrogen and oxygen atoms in total. The van der Waals surface area contributed by atoms with E-state index in [9.17, 15) is 4.79 Å². The van der Waals surface area contributed by atoms with Crippen molar-refractivity contribution in [3.8, 4) is 0 Å². The number of nitrogens with zero attached hydrogens (tertiary/aromatic N) is 2. The number of hydrogen-bond donors (Lipinski definition) is 2. The first-order chi connectivity index (χ1) is 11.1. The van der Waals surface area contributed by atoms with Crippen molar-refractivity contribution < 1.29 is 9.53 Å². The highest BCUT2D eigenvalue weighted by Gasteiger charge is 2.22. The Morgan fingerprint density at radius 1 is 1.35 bits per heavy atom. The molecule has 0 aromatic carbocycles. The van der Waals surface area contributed by atoms with Crippen LogP contribution in [-0.2, 0) is 4.74 Å². The predicted molar refractivity (Wildman–Crippen MR) is 92.4 cm³/mol. The second-order valence-corrected chi connectivity index (χ2v) is 6.74. The summed E-state index contributed by atoms with van der Waals surface area (Å²) in [5.74, 6) is 1.27. The van der Waals surface area contributed by atoms with Crippen molar-refractivity contribution in [2.75, 3.05) is 25.0 Å². The number of esters is 1. The molecule has 1 aliphatic rings. The van der Waals surface area contributed by atoms with Gasteiger partial charge in [0.2, 0.25) is 0 Å². The largest absolute Gasteiger partial charge is 0.462 e. The zero-order valence-electron chi connectivity index (χ0n) is 13.7. The molecule has 2 aromatic heterocycles. The van der Waals surface area contributed by atoms with E-state index in [0.717, 1.165) is 47.5 Å². The summed E-state index contributed by atoms with van der Waals surface area (Å²) < 4.78 is 5.15. The van der Waals surface area contributed by atoms with E-state index < -0.39 is 0 Å². The van der Waals surface area contributed by atoms with Crippen molar-refractivity contribution in [2.45, 2.75) is 39.7 Å². The second-order valence-electron chi connectivity index (χ2n) is 5.74. The lowest BCUT2D eigenvalue weighted by Crippen LogP contribution is -2.35. The van der Waals surface area contributed by atoms with Crippen LogP contribution in [0.2, 0.25) is 0 Å². The summed E-state index contributed by atoms with van der Waals surface area (Å²) >= 11 is 1.38. The van der Waals surface area contributed by atoms with Crippen LogP contribution in [0.3, 0.4) is 0 Å². The van der Waals surface area contributed by atoms with Crippen LogP contribution in [-0.4, -0.2) is 41.7 Å². The Balaban J connectivity index is 2.01. The number of rotatable bonds is 4. The fraction of sp³-hybridized carbons (Fsp3) is 0.562. The molecule has 2 N–H and O–H groups in total. The first-order valence-electron chi connectivity index (χ1n) is 8.02. The lowest BCUT2D eigenvalue weighted by molar-refractivity contribution is 0.0531. The smallest absolute Gasteiger partial charge is 0.348 e. The highest BCUT2D eigenvalue weighted by Crippen LogP contribution is 2.34. The van der Waals surface area contributed by atoms with Gasteiger partial charge in [0, 0.05) is 6.04 Å². The normalized spacial score (nSPS) is 15.8. The molecule has 3 rings (SSSR count). The summed E-state index contributed by atoms with van der Waals surface area (Å²) in [7, 11) is 0. The van der Waals surface area contributed by atoms with Gasteiger partial charge in [-0.25, -0.2) is 14.8 Å². The molecular formula is C16H22N4O2S. The molecule has 124 valence electrons. The third-order valence-electron chi connectivity index (χ3n) is 4.04. The number of aromatic nitrogens is 2. The number of nitrogens with one attached hydrogen (secondary N) is 2. The molecule has 0 amide bonds. The zero-order valence-corrected chi connectivity index (χ0v) is 14.5. The average Bonchev–Trinajstić information content (AvgIpc) is 2.85. The highest BCUT2D eigenvalue weighted by atomic mass is 32.1. The molecule has 7 heteroatoms. The van der Waals surface area contributed by atoms with Gasteiger partial charge in [0.15, 0.2) is 0 Å². The summed E-state index contributed by atoms with van der Waals surface area (Å²) in [6.45, 7) is 8.04. The maximum atomic E-state index is 12.1. The van der Waals surface area contributed by atoms with Crippen LogP contribution in [0.4, 0.5) is 5.82 Å². The van der Waals surface area contributed by atoms with Crippen molar-refractivity contribution in [1.82, 2.24) is 15.3 Å². The van der Waals surface area contributed by atoms with Crippen molar-refractivity contribution in [2.24, 2.45) is 0 Å². The van der Waals surface area contributed by atoms with Crippen LogP contribution in [0.25, 0.3) is 10.2 Å². The third-order valence-corrected chi connectivity index (χ3v) is 5.21. The number of carbonyl (C=O) groups excluding carboxylic acids is 1. The van der Waals surface area contributed by atoms with Gasteiger partial charge in [0.05, 0.1) is 12.0 Å². The predicted octanol–water partition coefficient (Wildman–Crippen LogP) is 2.65. The Morgan fingerprint density at radius 2 is 2.09 bits per heavy atom. The molecule has 1 saturated heterocycles. The Labute approximate surface area is 139 Å². The van der Waals surface area contributed by atoms with E-state index in [-0.39, 0.29) is 5.97 Å². The number of ether oxygens (including phenoxy) is 1. The van der Waals surface area contributed by atoms with Crippen molar-refractivity contribution >= 4 is 33.3 Å². The first-order valence-corrected chi connectivity index (χ1v) is 8.84. The Kier molecular flexibility index (Phi) is 4.77. The van der Waals surface area contributed by atoms with Crippen molar-refractivity contribution in [3.63, 3.8) is 0 Å². The fourth-order valence-corrected chi connectivity index (χ4v) is 4.02. The van der Waals surface area contributed by atoms with Crippen LogP contribution in [0.15, 0.2) is 0 Å². The highest BCUT2D eigenvalue weighted by molar-refractivity contribution is 7.20. The summed E-state index contributed by atoms with van der Waals surface area (Å²) in [6.07, 6.45) is 2.14. The number of piperidine rings is 1. The summed E-state index contributed by atoms with van der Waals surface area (Å²) in [4.78, 5) is 22.7. The lowest BCUT2D eigenvalue weighted by atomic mass is 10.1. The molecule has 0 aliphatic carbocycles. The van der Waals surface area contributed by atoms with Gasteiger partial charge in [-0.15, -0.1) is 11.3 Å². The molecular weight excluding hydrogens is 312 g/mol. The van der Waals surface area contributed by atoms with Gasteiger partial charge in [0.1, 0.15) is 21.3 Å². The molecule has 0 bridgehead atoms. The van der Waals surface area contributed by atoms with Gasteiger partial charge in [-0.1, -0.05) is 0 Å². The minimum atomic E-state index is -0.279. The van der Waals surface area contributed by atoms with Gasteiger partial charge < -0.3 is 15.4 Å². The number of anilines is 1. The number of thiophene rings is 1. The Bertz CT molecular complexity index is 722. The van der Waals surface area contributed by atoms with Gasteiger partial charge in [-0.3, -0.25) is 0 Å². The third kappa shape index (κ3) is 3.30. The van der Waals surface area contributed by atoms with Crippen LogP contribution >= 0.6 is 11.3 Å². The van der Waals surface area contributed by atoms with E-state index in [1.165, 1.54) is 11.3 Å². The fourth-order valence-electron chi connectivity index (χ4n) is 2.90. The van der Waals surface area contributed by atoms with E-state index in [1.54, 1.807) is 0 Å². The summed E-state index contributed by atoms with van der Waals surface area (Å²) in [6, 6.07) is 0.402. The molecule has 0 unspecified atom stereocenters. The number of aryl methyl sites for hydroxylation is 2. The van der Waals surface area contributed by atoms with Gasteiger partial charge in [-0.05, 0) is 52.3 Å². The van der Waals surface area contributed by atoms with Crippen molar-refractivity contribution in [1.29, 1.82) is 0 Å². The Hall–Kier alpha value is -1.73. The molecule has 1 aliphatic heterocycles. The zero-order chi connectivity index (χ0) is 16.4. The lowest BCUT2D eigenvalue weighted by Gasteiger charge is -2.24. The van der Waals surface area contributed by atoms with Crippen LogP contribution < -0.4 is 10.6 Å². The van der Waals surface area contributed by atoms with Gasteiger partial charge in [0.25, 0.3) is 0 Å². The summed E-state index contributed by atoms with van der Waals surface area (Å²) in [5, 5.41) is 7.86. The van der Waals surface area contributed by atoms with E-state index in [2.05, 4.69) is 20.6 Å². The van der Waals surface area contributed by atoms with Gasteiger partial charge in [-0.2, -0.15) is 0 Å². The number of fused-ring (bicyclic) bond motifs is 1. The van der Waals surface area contributed by atoms with E-state index >= 15 is 0 Å². The SMILES string of the molecule is CCOC(=O)c1sc2nc(C)nc(NC3CCNCC3)c2c1C. The van der Waals surface area contributed by atoms with Crippen LogP contribution in [0, 0.1) is 13.8 Å². The number of carbonyl (C=O) groups is 1. The first kappa shape index (κ1) is 16.1. The minimum Gasteiger partial charge on any atom is -0.462 e. The second kappa shape index (κ2) is 6.80. The molecule has 1 fully saturated rings. The molecule has 2 aromatic rings. The molecule has 0 atom stereocenters. The molecule has 0 saturated carbocycles. The number of hydrogen-bond acceptors (Lipinski definition) is 7.